The van der Waals surface area contributed by atoms with Gasteiger partial charge in [0.2, 0.25) is 6.19 Å². The average Bonchev–Trinajstić information content (AvgIpc) is 3.28. The number of fused-ring (bicyclic) bond motifs is 1. The van der Waals surface area contributed by atoms with Crippen molar-refractivity contribution >= 4 is 20.6 Å². The van der Waals surface area contributed by atoms with Gasteiger partial charge in [0.15, 0.2) is 9.84 Å². The van der Waals surface area contributed by atoms with Crippen LogP contribution in [0.15, 0.2) is 64.7 Å². The number of nitrogens with zero attached hydrogens (tertiary/aromatic N) is 4. The molecular weight excluding hydrogens is 440 g/mol. The quantitative estimate of drug-likeness (QED) is 0.433. The van der Waals surface area contributed by atoms with Gasteiger partial charge in [0.25, 0.3) is 5.56 Å². The summed E-state index contributed by atoms with van der Waals surface area (Å²) in [6.07, 6.45) is 8.74. The molecule has 4 aromatic rings. The van der Waals surface area contributed by atoms with E-state index in [9.17, 15) is 13.2 Å². The number of benzene rings is 2. The van der Waals surface area contributed by atoms with Crippen LogP contribution in [-0.4, -0.2) is 35.6 Å². The van der Waals surface area contributed by atoms with Crippen LogP contribution >= 0.6 is 0 Å². The van der Waals surface area contributed by atoms with Crippen LogP contribution in [0.4, 0.5) is 0 Å². The summed E-state index contributed by atoms with van der Waals surface area (Å²) in [6, 6.07) is 10.1. The molecule has 0 amide bonds. The monoisotopic (exact) mass is 462 g/mol. The van der Waals surface area contributed by atoms with Gasteiger partial charge in [0, 0.05) is 47.8 Å². The molecule has 2 aromatic heterocycles. The molecule has 0 radical (unpaired) electrons. The predicted molar refractivity (Wildman–Crippen MR) is 126 cm³/mol. The summed E-state index contributed by atoms with van der Waals surface area (Å²) in [5.74, 6) is 0.534. The van der Waals surface area contributed by atoms with Gasteiger partial charge in [-0.15, -0.1) is 0 Å². The van der Waals surface area contributed by atoms with E-state index in [-0.39, 0.29) is 10.5 Å². The molecule has 8 nitrogen and oxygen atoms in total. The maximum Gasteiger partial charge on any atom is 0.258 e. The van der Waals surface area contributed by atoms with E-state index in [1.165, 1.54) is 10.6 Å². The molecule has 168 valence electrons. The fourth-order valence-electron chi connectivity index (χ4n) is 3.67. The van der Waals surface area contributed by atoms with Crippen molar-refractivity contribution in [2.45, 2.75) is 18.2 Å². The Morgan fingerprint density at radius 1 is 1.06 bits per heavy atom. The Kier molecular flexibility index (Phi) is 5.78. The third-order valence-electron chi connectivity index (χ3n) is 5.33. The number of ether oxygens (including phenoxy) is 1. The third kappa shape index (κ3) is 4.25. The van der Waals surface area contributed by atoms with Gasteiger partial charge in [0.1, 0.15) is 5.75 Å². The number of hydrogen-bond acceptors (Lipinski definition) is 6. The zero-order valence-corrected chi connectivity index (χ0v) is 19.3. The number of aromatic nitrogens is 3. The highest BCUT2D eigenvalue weighted by Crippen LogP contribution is 2.37. The SMILES string of the molecule is CCCOc1ccc(S(C)(=O)=O)cc1-c1cn(C)c(=O)c2ccc(-c3cnn(C#N)c3)cc12. The van der Waals surface area contributed by atoms with Gasteiger partial charge in [-0.05, 0) is 47.7 Å². The summed E-state index contributed by atoms with van der Waals surface area (Å²) in [7, 11) is -1.80. The fourth-order valence-corrected chi connectivity index (χ4v) is 4.32. The molecule has 33 heavy (non-hydrogen) atoms. The van der Waals surface area contributed by atoms with Crippen molar-refractivity contribution in [3.8, 4) is 34.2 Å². The van der Waals surface area contributed by atoms with Crippen LogP contribution in [-0.2, 0) is 16.9 Å². The predicted octanol–water partition coefficient (Wildman–Crippen LogP) is 3.59. The van der Waals surface area contributed by atoms with Crippen LogP contribution in [0.1, 0.15) is 13.3 Å². The fraction of sp³-hybridized carbons (Fsp3) is 0.208. The second-order valence-electron chi connectivity index (χ2n) is 7.77. The maximum atomic E-state index is 12.9. The zero-order valence-electron chi connectivity index (χ0n) is 18.4. The molecule has 0 N–H and O–H groups in total. The first-order valence-corrected chi connectivity index (χ1v) is 12.2. The Hall–Kier alpha value is -3.90. The average molecular weight is 463 g/mol. The van der Waals surface area contributed by atoms with Crippen molar-refractivity contribution in [2.24, 2.45) is 7.05 Å². The minimum absolute atomic E-state index is 0.162. The second kappa shape index (κ2) is 8.56. The molecule has 0 aliphatic heterocycles. The first kappa shape index (κ1) is 22.3. The molecule has 0 fully saturated rings. The molecule has 0 aliphatic rings. The van der Waals surface area contributed by atoms with Crippen molar-refractivity contribution < 1.29 is 13.2 Å². The van der Waals surface area contributed by atoms with Crippen LogP contribution < -0.4 is 10.3 Å². The Balaban J connectivity index is 2.04. The van der Waals surface area contributed by atoms with Gasteiger partial charge >= 0.3 is 0 Å². The van der Waals surface area contributed by atoms with E-state index in [0.717, 1.165) is 28.5 Å². The summed E-state index contributed by atoms with van der Waals surface area (Å²) < 4.78 is 33.1. The minimum Gasteiger partial charge on any atom is -0.493 e. The number of nitriles is 1. The van der Waals surface area contributed by atoms with Crippen molar-refractivity contribution in [3.05, 3.63) is 65.3 Å². The number of hydrogen-bond donors (Lipinski definition) is 0. The first-order valence-electron chi connectivity index (χ1n) is 10.3. The summed E-state index contributed by atoms with van der Waals surface area (Å²) in [5.41, 5.74) is 2.56. The highest BCUT2D eigenvalue weighted by molar-refractivity contribution is 7.90. The van der Waals surface area contributed by atoms with Crippen LogP contribution in [0, 0.1) is 11.5 Å². The highest BCUT2D eigenvalue weighted by Gasteiger charge is 2.18. The van der Waals surface area contributed by atoms with E-state index in [0.29, 0.717) is 34.3 Å². The van der Waals surface area contributed by atoms with Crippen LogP contribution in [0.25, 0.3) is 33.0 Å². The van der Waals surface area contributed by atoms with E-state index in [1.54, 1.807) is 49.9 Å². The van der Waals surface area contributed by atoms with Crippen molar-refractivity contribution in [1.82, 2.24) is 14.3 Å². The normalized spacial score (nSPS) is 11.5. The largest absolute Gasteiger partial charge is 0.493 e. The Labute approximate surface area is 191 Å². The molecule has 0 spiro atoms. The number of aryl methyl sites for hydroxylation is 1. The topological polar surface area (TPSA) is 107 Å². The van der Waals surface area contributed by atoms with Gasteiger partial charge in [-0.3, -0.25) is 4.79 Å². The van der Waals surface area contributed by atoms with E-state index in [4.69, 9.17) is 10.00 Å². The van der Waals surface area contributed by atoms with Crippen molar-refractivity contribution in [3.63, 3.8) is 0 Å². The number of pyridine rings is 1. The van der Waals surface area contributed by atoms with E-state index >= 15 is 0 Å². The highest BCUT2D eigenvalue weighted by atomic mass is 32.2. The van der Waals surface area contributed by atoms with Gasteiger partial charge in [0.05, 0.1) is 17.7 Å². The third-order valence-corrected chi connectivity index (χ3v) is 6.44. The molecule has 0 unspecified atom stereocenters. The van der Waals surface area contributed by atoms with E-state index in [2.05, 4.69) is 5.10 Å². The second-order valence-corrected chi connectivity index (χ2v) is 9.79. The lowest BCUT2D eigenvalue weighted by Crippen LogP contribution is -2.16. The Bertz CT molecular complexity index is 1580. The van der Waals surface area contributed by atoms with Crippen LogP contribution in [0.2, 0.25) is 0 Å². The number of sulfone groups is 1. The lowest BCUT2D eigenvalue weighted by Gasteiger charge is -2.16. The van der Waals surface area contributed by atoms with Gasteiger partial charge in [-0.2, -0.15) is 15.0 Å². The number of rotatable bonds is 6. The molecule has 2 aromatic carbocycles. The van der Waals surface area contributed by atoms with Crippen LogP contribution in [0.3, 0.4) is 0 Å². The summed E-state index contributed by atoms with van der Waals surface area (Å²) in [5, 5.41) is 14.2. The lowest BCUT2D eigenvalue weighted by molar-refractivity contribution is 0.318. The van der Waals surface area contributed by atoms with E-state index < -0.39 is 9.84 Å². The molecule has 2 heterocycles. The van der Waals surface area contributed by atoms with Gasteiger partial charge < -0.3 is 9.30 Å². The van der Waals surface area contributed by atoms with Crippen LogP contribution in [0.5, 0.6) is 5.75 Å². The summed E-state index contributed by atoms with van der Waals surface area (Å²) in [4.78, 5) is 13.0. The molecular formula is C24H22N4O4S. The summed E-state index contributed by atoms with van der Waals surface area (Å²) in [6.45, 7) is 2.45. The molecule has 4 rings (SSSR count). The molecule has 0 atom stereocenters. The molecule has 0 bridgehead atoms. The van der Waals surface area contributed by atoms with Gasteiger partial charge in [-0.1, -0.05) is 13.0 Å². The Morgan fingerprint density at radius 2 is 1.85 bits per heavy atom. The standard InChI is InChI=1S/C24H22N4O4S/c1-4-9-32-23-8-6-18(33(3,30)31)11-21(23)22-14-27(2)24(29)19-7-5-16(10-20(19)22)17-12-26-28(13-17)15-25/h5-8,10-14H,4,9H2,1-3H3. The van der Waals surface area contributed by atoms with Crippen molar-refractivity contribution in [2.75, 3.05) is 12.9 Å². The maximum absolute atomic E-state index is 12.9. The lowest BCUT2D eigenvalue weighted by atomic mass is 9.97. The van der Waals surface area contributed by atoms with Gasteiger partial charge in [-0.25, -0.2) is 8.42 Å². The molecule has 0 aliphatic carbocycles. The molecule has 0 saturated heterocycles. The first-order chi connectivity index (χ1) is 15.7. The summed E-state index contributed by atoms with van der Waals surface area (Å²) >= 11 is 0. The smallest absolute Gasteiger partial charge is 0.258 e. The molecule has 0 saturated carbocycles. The zero-order chi connectivity index (χ0) is 23.8. The Morgan fingerprint density at radius 3 is 2.52 bits per heavy atom. The van der Waals surface area contributed by atoms with Crippen molar-refractivity contribution in [1.29, 1.82) is 5.26 Å². The van der Waals surface area contributed by atoms with E-state index in [1.807, 2.05) is 19.2 Å². The molecule has 9 heteroatoms. The minimum atomic E-state index is -3.46.